The highest BCUT2D eigenvalue weighted by atomic mass is 32.2. The van der Waals surface area contributed by atoms with Gasteiger partial charge in [0.1, 0.15) is 6.04 Å². The number of hydrogen-bond acceptors (Lipinski definition) is 10. The van der Waals surface area contributed by atoms with Gasteiger partial charge in [-0.05, 0) is 24.6 Å². The van der Waals surface area contributed by atoms with Crippen molar-refractivity contribution in [1.29, 1.82) is 0 Å². The first kappa shape index (κ1) is 33.8. The molecule has 3 amide bonds. The number of rotatable bonds is 14. The summed E-state index contributed by atoms with van der Waals surface area (Å²) in [6.45, 7) is -0.748. The number of Topliss-reactive ketones (excluding diaryl/α,β-unsaturated/α-hetero) is 1. The van der Waals surface area contributed by atoms with Crippen LogP contribution in [0.25, 0.3) is 0 Å². The first-order valence-electron chi connectivity index (χ1n) is 11.9. The van der Waals surface area contributed by atoms with Crippen molar-refractivity contribution in [1.82, 2.24) is 16.0 Å². The van der Waals surface area contributed by atoms with Crippen LogP contribution in [0.15, 0.2) is 53.4 Å². The number of benzene rings is 2. The fraction of sp³-hybridized carbons (Fsp3) is 0.333. The van der Waals surface area contributed by atoms with Crippen LogP contribution in [0, 0.1) is 17.0 Å². The van der Waals surface area contributed by atoms with Gasteiger partial charge in [-0.25, -0.2) is 0 Å². The Morgan fingerprint density at radius 2 is 1.69 bits per heavy atom. The number of nitro groups is 1. The smallest absolute Gasteiger partial charge is 0.347 e. The number of amides is 3. The lowest BCUT2D eigenvalue weighted by Crippen LogP contribution is -2.53. The van der Waals surface area contributed by atoms with E-state index in [0.29, 0.717) is 0 Å². The standard InChI is InChI=1S/C24H26F3N5O9S/c1-14-5-7-17(8-6-14)42(39,40)41-20(10-15-3-2-4-16(9-15)32(37)38)22(35)31-18(11-28)19(33)12-29-21(34)13-30-23(36)24(25,26)27/h2-9,18,20H,10-13,28H2,1H3,(H,29,34)(H,30,36)(H,31,35). The van der Waals surface area contributed by atoms with Gasteiger partial charge in [0.2, 0.25) is 5.91 Å². The lowest BCUT2D eigenvalue weighted by molar-refractivity contribution is -0.384. The molecule has 18 heteroatoms. The van der Waals surface area contributed by atoms with Gasteiger partial charge in [-0.2, -0.15) is 21.6 Å². The second-order valence-corrected chi connectivity index (χ2v) is 10.3. The Morgan fingerprint density at radius 1 is 1.05 bits per heavy atom. The number of ketones is 1. The molecule has 228 valence electrons. The molecule has 0 saturated heterocycles. The zero-order chi connectivity index (χ0) is 31.7. The SMILES string of the molecule is Cc1ccc(S(=O)(=O)OC(Cc2cccc([N+](=O)[O-])c2)C(=O)NC(CN)C(=O)CNC(=O)CNC(=O)C(F)(F)F)cc1. The summed E-state index contributed by atoms with van der Waals surface area (Å²) in [5.74, 6) is -5.59. The molecule has 2 aromatic rings. The zero-order valence-corrected chi connectivity index (χ0v) is 22.7. The third-order valence-electron chi connectivity index (χ3n) is 5.46. The van der Waals surface area contributed by atoms with Crippen molar-refractivity contribution in [3.8, 4) is 0 Å². The van der Waals surface area contributed by atoms with Crippen LogP contribution in [0.1, 0.15) is 11.1 Å². The van der Waals surface area contributed by atoms with Crippen molar-refractivity contribution in [2.75, 3.05) is 19.6 Å². The Morgan fingerprint density at radius 3 is 2.26 bits per heavy atom. The highest BCUT2D eigenvalue weighted by molar-refractivity contribution is 7.86. The van der Waals surface area contributed by atoms with Crippen LogP contribution in [-0.4, -0.2) is 74.8 Å². The number of alkyl halides is 3. The average molecular weight is 618 g/mol. The molecule has 14 nitrogen and oxygen atoms in total. The zero-order valence-electron chi connectivity index (χ0n) is 21.8. The Hall–Kier alpha value is -4.42. The molecule has 0 heterocycles. The first-order valence-corrected chi connectivity index (χ1v) is 13.3. The fourth-order valence-corrected chi connectivity index (χ4v) is 4.30. The van der Waals surface area contributed by atoms with Gasteiger partial charge in [0.05, 0.1) is 22.9 Å². The summed E-state index contributed by atoms with van der Waals surface area (Å²) in [6.07, 6.45) is -7.55. The van der Waals surface area contributed by atoms with Crippen molar-refractivity contribution in [2.45, 2.75) is 36.6 Å². The van der Waals surface area contributed by atoms with E-state index in [9.17, 15) is 50.9 Å². The third kappa shape index (κ3) is 10.2. The number of nitrogens with two attached hydrogens (primary N) is 1. The summed E-state index contributed by atoms with van der Waals surface area (Å²) in [7, 11) is -4.56. The molecular formula is C24H26F3N5O9S. The molecule has 0 aliphatic rings. The van der Waals surface area contributed by atoms with Crippen LogP contribution in [0.4, 0.5) is 18.9 Å². The molecule has 0 aliphatic carbocycles. The normalized spacial score (nSPS) is 13.0. The van der Waals surface area contributed by atoms with Crippen molar-refractivity contribution >= 4 is 39.3 Å². The number of hydrogen-bond donors (Lipinski definition) is 4. The lowest BCUT2D eigenvalue weighted by atomic mass is 10.1. The number of non-ortho nitro benzene ring substituents is 1. The van der Waals surface area contributed by atoms with Gasteiger partial charge in [-0.1, -0.05) is 29.8 Å². The number of nitro benzene ring substituents is 1. The fourth-order valence-electron chi connectivity index (χ4n) is 3.26. The van der Waals surface area contributed by atoms with E-state index in [1.807, 2.05) is 5.32 Å². The van der Waals surface area contributed by atoms with Crippen molar-refractivity contribution in [2.24, 2.45) is 5.73 Å². The van der Waals surface area contributed by atoms with Crippen LogP contribution in [0.2, 0.25) is 0 Å². The van der Waals surface area contributed by atoms with Gasteiger partial charge in [-0.15, -0.1) is 0 Å². The molecule has 2 rings (SSSR count). The van der Waals surface area contributed by atoms with E-state index in [4.69, 9.17) is 9.92 Å². The maximum absolute atomic E-state index is 13.1. The number of carbonyl (C=O) groups is 4. The second kappa shape index (κ2) is 14.5. The number of aryl methyl sites for hydroxylation is 1. The van der Waals surface area contributed by atoms with Gasteiger partial charge in [0.25, 0.3) is 21.7 Å². The lowest BCUT2D eigenvalue weighted by Gasteiger charge is -2.21. The van der Waals surface area contributed by atoms with Gasteiger partial charge in [0.15, 0.2) is 11.9 Å². The van der Waals surface area contributed by atoms with Crippen molar-refractivity contribution < 1.29 is 49.9 Å². The molecule has 0 saturated carbocycles. The van der Waals surface area contributed by atoms with E-state index in [1.165, 1.54) is 47.8 Å². The van der Waals surface area contributed by atoms with Crippen LogP contribution < -0.4 is 21.7 Å². The summed E-state index contributed by atoms with van der Waals surface area (Å²) in [5.41, 5.74) is 6.09. The quantitative estimate of drug-likeness (QED) is 0.127. The van der Waals surface area contributed by atoms with Crippen molar-refractivity contribution in [3.05, 3.63) is 69.8 Å². The topological polar surface area (TPSA) is 217 Å². The Labute approximate surface area is 237 Å². The molecule has 0 spiro atoms. The van der Waals surface area contributed by atoms with E-state index in [-0.39, 0.29) is 16.1 Å². The third-order valence-corrected chi connectivity index (χ3v) is 6.79. The second-order valence-electron chi connectivity index (χ2n) is 8.70. The minimum atomic E-state index is -5.22. The van der Waals surface area contributed by atoms with Crippen molar-refractivity contribution in [3.63, 3.8) is 0 Å². The molecule has 0 fully saturated rings. The molecule has 2 atom stereocenters. The van der Waals surface area contributed by atoms with E-state index in [2.05, 4.69) is 5.32 Å². The Kier molecular flexibility index (Phi) is 11.6. The Balaban J connectivity index is 2.18. The molecule has 2 unspecified atom stereocenters. The molecular weight excluding hydrogens is 591 g/mol. The highest BCUT2D eigenvalue weighted by Gasteiger charge is 2.38. The van der Waals surface area contributed by atoms with Crippen LogP contribution in [0.3, 0.4) is 0 Å². The van der Waals surface area contributed by atoms with Gasteiger partial charge in [0, 0.05) is 25.1 Å². The molecule has 0 aliphatic heterocycles. The summed E-state index contributed by atoms with van der Waals surface area (Å²) in [4.78, 5) is 58.3. The van der Waals surface area contributed by atoms with Gasteiger partial charge >= 0.3 is 12.1 Å². The maximum Gasteiger partial charge on any atom is 0.471 e. The number of halogens is 3. The molecule has 0 bridgehead atoms. The Bertz CT molecular complexity index is 1430. The maximum atomic E-state index is 13.1. The van der Waals surface area contributed by atoms with Gasteiger partial charge < -0.3 is 21.7 Å². The minimum absolute atomic E-state index is 0.146. The predicted molar refractivity (Wildman–Crippen MR) is 138 cm³/mol. The van der Waals surface area contributed by atoms with E-state index >= 15 is 0 Å². The number of carbonyl (C=O) groups excluding carboxylic acids is 4. The van der Waals surface area contributed by atoms with Crippen LogP contribution >= 0.6 is 0 Å². The van der Waals surface area contributed by atoms with E-state index in [0.717, 1.165) is 11.6 Å². The van der Waals surface area contributed by atoms with E-state index in [1.54, 1.807) is 6.92 Å². The largest absolute Gasteiger partial charge is 0.471 e. The summed E-state index contributed by atoms with van der Waals surface area (Å²) in [5, 5.41) is 16.6. The molecule has 0 radical (unpaired) electrons. The summed E-state index contributed by atoms with van der Waals surface area (Å²) < 4.78 is 67.7. The average Bonchev–Trinajstić information content (AvgIpc) is 2.92. The first-order chi connectivity index (χ1) is 19.5. The predicted octanol–water partition coefficient (Wildman–Crippen LogP) is 0.0271. The molecule has 5 N–H and O–H groups in total. The molecule has 0 aromatic heterocycles. The minimum Gasteiger partial charge on any atom is -0.347 e. The summed E-state index contributed by atoms with van der Waals surface area (Å²) >= 11 is 0. The molecule has 42 heavy (non-hydrogen) atoms. The summed E-state index contributed by atoms with van der Waals surface area (Å²) in [6, 6.07) is 8.89. The van der Waals surface area contributed by atoms with Crippen LogP contribution in [0.5, 0.6) is 0 Å². The number of nitrogens with zero attached hydrogens (tertiary/aromatic N) is 1. The number of nitrogens with one attached hydrogen (secondary N) is 3. The van der Waals surface area contributed by atoms with Crippen LogP contribution in [-0.2, 0) is 39.9 Å². The molecule has 2 aromatic carbocycles. The van der Waals surface area contributed by atoms with Gasteiger partial charge in [-0.3, -0.25) is 33.5 Å². The highest BCUT2D eigenvalue weighted by Crippen LogP contribution is 2.20. The monoisotopic (exact) mass is 617 g/mol. The van der Waals surface area contributed by atoms with E-state index < -0.39 is 82.9 Å².